The Bertz CT molecular complexity index is 392. The predicted molar refractivity (Wildman–Crippen MR) is 82.3 cm³/mol. The number of amides is 1. The Morgan fingerprint density at radius 3 is 2.64 bits per heavy atom. The normalized spacial score (nSPS) is 24.5. The molecular formula is C14H28NO6P. The van der Waals surface area contributed by atoms with Crippen molar-refractivity contribution in [1.82, 2.24) is 4.90 Å². The van der Waals surface area contributed by atoms with Crippen LogP contribution in [0.3, 0.4) is 0 Å². The number of carbonyl (C=O) groups is 1. The van der Waals surface area contributed by atoms with E-state index in [-0.39, 0.29) is 25.1 Å². The van der Waals surface area contributed by atoms with E-state index in [2.05, 4.69) is 11.4 Å². The van der Waals surface area contributed by atoms with Crippen LogP contribution >= 0.6 is 7.82 Å². The highest BCUT2D eigenvalue weighted by Gasteiger charge is 2.35. The number of carbonyl (C=O) groups excluding carboxylic acids is 1. The molecule has 0 bridgehead atoms. The average molecular weight is 337 g/mol. The van der Waals surface area contributed by atoms with Crippen LogP contribution in [0, 0.1) is 0 Å². The number of nitrogens with zero attached hydrogens (tertiary/aromatic N) is 1. The van der Waals surface area contributed by atoms with Crippen LogP contribution in [0.4, 0.5) is 0 Å². The number of hydrogen-bond acceptors (Lipinski definition) is 5. The first-order valence-electron chi connectivity index (χ1n) is 7.90. The Hall–Kier alpha value is -0.460. The molecule has 1 rings (SSSR count). The molecule has 1 heterocycles. The maximum absolute atomic E-state index is 12.2. The molecule has 2 unspecified atom stereocenters. The average Bonchev–Trinajstić information content (AvgIpc) is 2.86. The van der Waals surface area contributed by atoms with Crippen molar-refractivity contribution in [2.75, 3.05) is 20.3 Å². The first-order valence-corrected chi connectivity index (χ1v) is 9.39. The van der Waals surface area contributed by atoms with Gasteiger partial charge in [0, 0.05) is 20.1 Å². The smallest absolute Gasteiger partial charge is 0.391 e. The van der Waals surface area contributed by atoms with E-state index in [1.54, 1.807) is 4.90 Å². The zero-order valence-electron chi connectivity index (χ0n) is 13.4. The van der Waals surface area contributed by atoms with Crippen molar-refractivity contribution in [3.8, 4) is 0 Å². The Morgan fingerprint density at radius 2 is 2.00 bits per heavy atom. The van der Waals surface area contributed by atoms with E-state index in [0.717, 1.165) is 32.8 Å². The highest BCUT2D eigenvalue weighted by Crippen LogP contribution is 2.42. The van der Waals surface area contributed by atoms with Gasteiger partial charge in [-0.2, -0.15) is 0 Å². The van der Waals surface area contributed by atoms with Crippen LogP contribution in [0.2, 0.25) is 0 Å². The maximum Gasteiger partial charge on any atom is 0.471 e. The van der Waals surface area contributed by atoms with Gasteiger partial charge in [0.15, 0.2) is 0 Å². The van der Waals surface area contributed by atoms with Gasteiger partial charge in [-0.1, -0.05) is 32.6 Å². The highest BCUT2D eigenvalue weighted by molar-refractivity contribution is 7.47. The van der Waals surface area contributed by atoms with Crippen LogP contribution in [-0.4, -0.2) is 53.2 Å². The third-order valence-electron chi connectivity index (χ3n) is 3.87. The molecule has 2 N–H and O–H groups in total. The number of rotatable bonds is 10. The minimum Gasteiger partial charge on any atom is -0.391 e. The van der Waals surface area contributed by atoms with E-state index >= 15 is 0 Å². The number of aliphatic hydroxyl groups excluding tert-OH is 1. The molecule has 1 fully saturated rings. The molecule has 1 aliphatic rings. The zero-order chi connectivity index (χ0) is 16.6. The summed E-state index contributed by atoms with van der Waals surface area (Å²) in [6.45, 7) is 2.28. The van der Waals surface area contributed by atoms with Crippen molar-refractivity contribution in [2.45, 2.75) is 64.0 Å². The van der Waals surface area contributed by atoms with Crippen LogP contribution in [0.25, 0.3) is 0 Å². The largest absolute Gasteiger partial charge is 0.471 e. The van der Waals surface area contributed by atoms with Gasteiger partial charge in [0.2, 0.25) is 5.91 Å². The Balaban J connectivity index is 2.41. The van der Waals surface area contributed by atoms with Gasteiger partial charge >= 0.3 is 7.82 Å². The van der Waals surface area contributed by atoms with E-state index in [0.29, 0.717) is 12.8 Å². The second-order valence-electron chi connectivity index (χ2n) is 5.70. The standard InChI is InChI=1S/C14H28NO6P/c1-3-4-5-6-7-8-14(17)15-10-13(16)9-12(15)11-21-22(18,19)20-2/h12-13,16H,3-11H2,1-2H3,(H,18,19)/t12?,13-/m1/s1. The van der Waals surface area contributed by atoms with Gasteiger partial charge in [-0.25, -0.2) is 4.57 Å². The number of phosphoric acid groups is 1. The summed E-state index contributed by atoms with van der Waals surface area (Å²) in [5, 5.41) is 9.73. The lowest BCUT2D eigenvalue weighted by Gasteiger charge is -2.24. The second kappa shape index (κ2) is 9.63. The Labute approximate surface area is 132 Å². The minimum absolute atomic E-state index is 0.0353. The SMILES string of the molecule is CCCCCCCC(=O)N1C[C@H](O)CC1COP(=O)(O)OC. The molecule has 8 heteroatoms. The van der Waals surface area contributed by atoms with Crippen LogP contribution in [0.5, 0.6) is 0 Å². The summed E-state index contributed by atoms with van der Waals surface area (Å²) in [6.07, 6.45) is 5.49. The fraction of sp³-hybridized carbons (Fsp3) is 0.929. The fourth-order valence-electron chi connectivity index (χ4n) is 2.61. The van der Waals surface area contributed by atoms with E-state index in [1.807, 2.05) is 0 Å². The first kappa shape index (κ1) is 19.6. The van der Waals surface area contributed by atoms with Gasteiger partial charge in [-0.05, 0) is 12.8 Å². The van der Waals surface area contributed by atoms with Crippen molar-refractivity contribution >= 4 is 13.7 Å². The van der Waals surface area contributed by atoms with Crippen molar-refractivity contribution < 1.29 is 28.4 Å². The van der Waals surface area contributed by atoms with Gasteiger partial charge in [0.25, 0.3) is 0 Å². The molecule has 130 valence electrons. The summed E-state index contributed by atoms with van der Waals surface area (Å²) in [5.74, 6) is -0.0353. The lowest BCUT2D eigenvalue weighted by Crippen LogP contribution is -2.38. The third kappa shape index (κ3) is 6.75. The lowest BCUT2D eigenvalue weighted by molar-refractivity contribution is -0.133. The van der Waals surface area contributed by atoms with Gasteiger partial charge in [0.05, 0.1) is 18.8 Å². The van der Waals surface area contributed by atoms with Crippen molar-refractivity contribution in [3.63, 3.8) is 0 Å². The molecule has 0 aromatic rings. The predicted octanol–water partition coefficient (Wildman–Crippen LogP) is 2.07. The molecular weight excluding hydrogens is 309 g/mol. The molecule has 22 heavy (non-hydrogen) atoms. The maximum atomic E-state index is 12.2. The summed E-state index contributed by atoms with van der Waals surface area (Å²) in [6, 6.07) is -0.381. The molecule has 0 aromatic carbocycles. The molecule has 1 aliphatic heterocycles. The molecule has 0 aliphatic carbocycles. The third-order valence-corrected chi connectivity index (χ3v) is 4.80. The number of likely N-dealkylation sites (tertiary alicyclic amines) is 1. The summed E-state index contributed by atoms with van der Waals surface area (Å²) >= 11 is 0. The van der Waals surface area contributed by atoms with E-state index in [9.17, 15) is 19.4 Å². The number of aliphatic hydroxyl groups is 1. The zero-order valence-corrected chi connectivity index (χ0v) is 14.3. The monoisotopic (exact) mass is 337 g/mol. The number of unbranched alkanes of at least 4 members (excludes halogenated alkanes) is 4. The second-order valence-corrected chi connectivity index (χ2v) is 7.26. The summed E-state index contributed by atoms with van der Waals surface area (Å²) in [7, 11) is -2.97. The van der Waals surface area contributed by atoms with Gasteiger partial charge in [-0.3, -0.25) is 13.8 Å². The molecule has 3 atom stereocenters. The fourth-order valence-corrected chi connectivity index (χ4v) is 3.08. The number of hydrogen-bond donors (Lipinski definition) is 2. The summed E-state index contributed by atoms with van der Waals surface area (Å²) < 4.78 is 20.5. The Morgan fingerprint density at radius 1 is 1.32 bits per heavy atom. The van der Waals surface area contributed by atoms with E-state index < -0.39 is 13.9 Å². The number of phosphoric ester groups is 1. The van der Waals surface area contributed by atoms with Crippen molar-refractivity contribution in [3.05, 3.63) is 0 Å². The molecule has 0 aromatic heterocycles. The number of β-amino-alcohol motifs (C(OH)–C–C–N with tert-alkyl or cyclic N) is 1. The van der Waals surface area contributed by atoms with Crippen LogP contribution < -0.4 is 0 Å². The van der Waals surface area contributed by atoms with Crippen LogP contribution in [0.1, 0.15) is 51.9 Å². The Kier molecular flexibility index (Phi) is 8.57. The molecule has 0 saturated carbocycles. The highest BCUT2D eigenvalue weighted by atomic mass is 31.2. The van der Waals surface area contributed by atoms with Gasteiger partial charge in [0.1, 0.15) is 0 Å². The van der Waals surface area contributed by atoms with Crippen LogP contribution in [0.15, 0.2) is 0 Å². The van der Waals surface area contributed by atoms with E-state index in [1.165, 1.54) is 6.42 Å². The van der Waals surface area contributed by atoms with Crippen molar-refractivity contribution in [2.24, 2.45) is 0 Å². The molecule has 1 amide bonds. The molecule has 0 spiro atoms. The van der Waals surface area contributed by atoms with Gasteiger partial charge < -0.3 is 14.9 Å². The summed E-state index contributed by atoms with van der Waals surface area (Å²) in [5.41, 5.74) is 0. The molecule has 0 radical (unpaired) electrons. The molecule has 1 saturated heterocycles. The lowest BCUT2D eigenvalue weighted by atomic mass is 10.1. The molecule has 7 nitrogen and oxygen atoms in total. The first-order chi connectivity index (χ1) is 10.4. The van der Waals surface area contributed by atoms with Gasteiger partial charge in [-0.15, -0.1) is 0 Å². The summed E-state index contributed by atoms with van der Waals surface area (Å²) in [4.78, 5) is 23.0. The minimum atomic E-state index is -4.06. The topological polar surface area (TPSA) is 96.3 Å². The van der Waals surface area contributed by atoms with E-state index in [4.69, 9.17) is 4.52 Å². The van der Waals surface area contributed by atoms with Crippen LogP contribution in [-0.2, 0) is 18.4 Å². The van der Waals surface area contributed by atoms with Crippen molar-refractivity contribution in [1.29, 1.82) is 0 Å². The quantitative estimate of drug-likeness (QED) is 0.468.